The van der Waals surface area contributed by atoms with Crippen molar-refractivity contribution in [3.63, 3.8) is 0 Å². The molecule has 1 aromatic carbocycles. The van der Waals surface area contributed by atoms with Gasteiger partial charge >= 0.3 is 0 Å². The quantitative estimate of drug-likeness (QED) is 0.469. The molecule has 0 fully saturated rings. The molecule has 6 heteroatoms. The standard InChI is InChI=1S/C10H4N2O4/c13-7-3-1-5-4(8(14)10(16)11-5)2-6(3)12-9(7)15/h1-2H,(H,11,14,16)(H,12,13,15). The Morgan fingerprint density at radius 2 is 1.06 bits per heavy atom. The van der Waals surface area contributed by atoms with E-state index in [-0.39, 0.29) is 21.8 Å². The highest BCUT2D eigenvalue weighted by Gasteiger charge is 2.11. The Morgan fingerprint density at radius 1 is 0.688 bits per heavy atom. The van der Waals surface area contributed by atoms with Gasteiger partial charge in [0.15, 0.2) is 0 Å². The maximum Gasteiger partial charge on any atom is 0.296 e. The highest BCUT2D eigenvalue weighted by molar-refractivity contribution is 5.94. The molecule has 16 heavy (non-hydrogen) atoms. The minimum atomic E-state index is -0.725. The van der Waals surface area contributed by atoms with E-state index in [1.165, 1.54) is 12.1 Å². The van der Waals surface area contributed by atoms with Crippen molar-refractivity contribution >= 4 is 21.8 Å². The molecular weight excluding hydrogens is 212 g/mol. The topological polar surface area (TPSA) is 99.9 Å². The summed E-state index contributed by atoms with van der Waals surface area (Å²) >= 11 is 0. The first-order valence-corrected chi connectivity index (χ1v) is 4.47. The van der Waals surface area contributed by atoms with Crippen LogP contribution in [0.1, 0.15) is 0 Å². The molecule has 2 heterocycles. The maximum atomic E-state index is 11.3. The molecule has 3 aromatic rings. The molecule has 0 amide bonds. The number of hydrogen-bond donors (Lipinski definition) is 2. The fourth-order valence-corrected chi connectivity index (χ4v) is 1.79. The third-order valence-electron chi connectivity index (χ3n) is 2.56. The molecule has 3 rings (SSSR count). The highest BCUT2D eigenvalue weighted by atomic mass is 16.2. The van der Waals surface area contributed by atoms with Crippen LogP contribution in [0.5, 0.6) is 0 Å². The van der Waals surface area contributed by atoms with Gasteiger partial charge in [0.2, 0.25) is 0 Å². The molecule has 0 radical (unpaired) electrons. The van der Waals surface area contributed by atoms with Crippen molar-refractivity contribution in [2.24, 2.45) is 0 Å². The second kappa shape index (κ2) is 2.54. The molecule has 0 bridgehead atoms. The monoisotopic (exact) mass is 216 g/mol. The summed E-state index contributed by atoms with van der Waals surface area (Å²) in [5.74, 6) is 0. The van der Waals surface area contributed by atoms with Crippen LogP contribution in [0.4, 0.5) is 0 Å². The summed E-state index contributed by atoms with van der Waals surface area (Å²) in [5.41, 5.74) is -2.22. The summed E-state index contributed by atoms with van der Waals surface area (Å²) in [6, 6.07) is 2.68. The van der Waals surface area contributed by atoms with Gasteiger partial charge in [-0.25, -0.2) is 0 Å². The van der Waals surface area contributed by atoms with Crippen LogP contribution in [0, 0.1) is 0 Å². The Bertz CT molecular complexity index is 844. The van der Waals surface area contributed by atoms with E-state index >= 15 is 0 Å². The number of hydrogen-bond acceptors (Lipinski definition) is 4. The van der Waals surface area contributed by atoms with E-state index < -0.39 is 22.0 Å². The summed E-state index contributed by atoms with van der Waals surface area (Å²) in [6.45, 7) is 0. The molecule has 0 aliphatic heterocycles. The van der Waals surface area contributed by atoms with Crippen LogP contribution in [0.25, 0.3) is 21.8 Å². The van der Waals surface area contributed by atoms with Crippen LogP contribution in [0.15, 0.2) is 31.3 Å². The van der Waals surface area contributed by atoms with Gasteiger partial charge in [-0.05, 0) is 12.1 Å². The van der Waals surface area contributed by atoms with Gasteiger partial charge in [0.05, 0.1) is 21.8 Å². The van der Waals surface area contributed by atoms with E-state index in [1.54, 1.807) is 0 Å². The van der Waals surface area contributed by atoms with Crippen LogP contribution in [-0.2, 0) is 0 Å². The van der Waals surface area contributed by atoms with Gasteiger partial charge in [0, 0.05) is 0 Å². The first-order valence-electron chi connectivity index (χ1n) is 4.47. The molecule has 0 atom stereocenters. The summed E-state index contributed by atoms with van der Waals surface area (Å²) in [7, 11) is 0. The molecule has 6 nitrogen and oxygen atoms in total. The lowest BCUT2D eigenvalue weighted by atomic mass is 10.2. The number of rotatable bonds is 0. The van der Waals surface area contributed by atoms with Crippen molar-refractivity contribution in [1.29, 1.82) is 0 Å². The average Bonchev–Trinajstić information content (AvgIpc) is 2.67. The lowest BCUT2D eigenvalue weighted by molar-refractivity contribution is 1.33. The Hall–Kier alpha value is -2.50. The lowest BCUT2D eigenvalue weighted by Crippen LogP contribution is -2.19. The smallest absolute Gasteiger partial charge is 0.296 e. The van der Waals surface area contributed by atoms with Crippen molar-refractivity contribution in [3.8, 4) is 0 Å². The second-order valence-electron chi connectivity index (χ2n) is 3.51. The van der Waals surface area contributed by atoms with Crippen LogP contribution < -0.4 is 22.0 Å². The van der Waals surface area contributed by atoms with E-state index in [0.717, 1.165) is 0 Å². The number of aromatic nitrogens is 2. The lowest BCUT2D eigenvalue weighted by Gasteiger charge is -1.88. The predicted molar refractivity (Wildman–Crippen MR) is 57.6 cm³/mol. The third kappa shape index (κ3) is 0.902. The van der Waals surface area contributed by atoms with Gasteiger partial charge < -0.3 is 9.97 Å². The summed E-state index contributed by atoms with van der Waals surface area (Å²) in [5, 5.41) is 0.359. The zero-order chi connectivity index (χ0) is 11.4. The Morgan fingerprint density at radius 3 is 1.44 bits per heavy atom. The van der Waals surface area contributed by atoms with Crippen molar-refractivity contribution < 1.29 is 0 Å². The van der Waals surface area contributed by atoms with E-state index in [0.29, 0.717) is 0 Å². The number of aromatic amines is 2. The van der Waals surface area contributed by atoms with Crippen LogP contribution in [0.2, 0.25) is 0 Å². The first kappa shape index (κ1) is 8.78. The van der Waals surface area contributed by atoms with E-state index in [4.69, 9.17) is 0 Å². The molecule has 78 valence electrons. The first-order chi connectivity index (χ1) is 7.58. The molecular formula is C10H4N2O4. The van der Waals surface area contributed by atoms with Crippen LogP contribution in [-0.4, -0.2) is 9.97 Å². The fourth-order valence-electron chi connectivity index (χ4n) is 1.79. The van der Waals surface area contributed by atoms with Gasteiger partial charge in [0.1, 0.15) is 0 Å². The van der Waals surface area contributed by atoms with E-state index in [9.17, 15) is 19.2 Å². The molecule has 0 spiro atoms. The Labute approximate surface area is 85.9 Å². The summed E-state index contributed by atoms with van der Waals surface area (Å²) in [4.78, 5) is 49.5. The third-order valence-corrected chi connectivity index (χ3v) is 2.56. The van der Waals surface area contributed by atoms with Crippen LogP contribution in [0.3, 0.4) is 0 Å². The van der Waals surface area contributed by atoms with Crippen molar-refractivity contribution in [2.75, 3.05) is 0 Å². The van der Waals surface area contributed by atoms with Crippen molar-refractivity contribution in [1.82, 2.24) is 9.97 Å². The Balaban J connectivity index is 2.73. The molecule has 0 saturated carbocycles. The minimum absolute atomic E-state index is 0.179. The molecule has 0 unspecified atom stereocenters. The summed E-state index contributed by atoms with van der Waals surface area (Å²) in [6.07, 6.45) is 0. The van der Waals surface area contributed by atoms with E-state index in [2.05, 4.69) is 9.97 Å². The SMILES string of the molecule is O=c1[nH]c2cc3c(=O)c(=O)[nH]c3cc2c1=O. The zero-order valence-corrected chi connectivity index (χ0v) is 7.79. The van der Waals surface area contributed by atoms with Gasteiger partial charge in [-0.3, -0.25) is 19.2 Å². The zero-order valence-electron chi connectivity index (χ0n) is 7.79. The minimum Gasteiger partial charge on any atom is -0.318 e. The Kier molecular flexibility index (Phi) is 1.40. The molecule has 0 aliphatic rings. The fraction of sp³-hybridized carbons (Fsp3) is 0. The number of fused-ring (bicyclic) bond motifs is 2. The summed E-state index contributed by atoms with van der Waals surface area (Å²) < 4.78 is 0. The normalized spacial score (nSPS) is 11.5. The van der Waals surface area contributed by atoms with Gasteiger partial charge in [-0.15, -0.1) is 0 Å². The van der Waals surface area contributed by atoms with Gasteiger partial charge in [0.25, 0.3) is 22.0 Å². The van der Waals surface area contributed by atoms with Crippen molar-refractivity contribution in [2.45, 2.75) is 0 Å². The second-order valence-corrected chi connectivity index (χ2v) is 3.51. The maximum absolute atomic E-state index is 11.3. The van der Waals surface area contributed by atoms with Gasteiger partial charge in [-0.2, -0.15) is 0 Å². The molecule has 2 aromatic heterocycles. The number of H-pyrrole nitrogens is 2. The average molecular weight is 216 g/mol. The van der Waals surface area contributed by atoms with Crippen molar-refractivity contribution in [3.05, 3.63) is 53.3 Å². The highest BCUT2D eigenvalue weighted by Crippen LogP contribution is 2.12. The number of nitrogens with one attached hydrogen (secondary N) is 2. The predicted octanol–water partition coefficient (Wildman–Crippen LogP) is -1.03. The molecule has 0 aliphatic carbocycles. The molecule has 2 N–H and O–H groups in total. The largest absolute Gasteiger partial charge is 0.318 e. The van der Waals surface area contributed by atoms with Crippen LogP contribution >= 0.6 is 0 Å². The number of benzene rings is 1. The van der Waals surface area contributed by atoms with E-state index in [1.807, 2.05) is 0 Å². The molecule has 0 saturated heterocycles. The van der Waals surface area contributed by atoms with Gasteiger partial charge in [-0.1, -0.05) is 0 Å².